The van der Waals surface area contributed by atoms with Crippen molar-refractivity contribution in [2.24, 2.45) is 0 Å². The number of ether oxygens (including phenoxy) is 2. The fourth-order valence-corrected chi connectivity index (χ4v) is 8.63. The Labute approximate surface area is 351 Å². The Bertz CT molecular complexity index is 2060. The van der Waals surface area contributed by atoms with Crippen LogP contribution in [0.25, 0.3) is 0 Å². The number of nitrogens with one attached hydrogen (secondary N) is 3. The van der Waals surface area contributed by atoms with E-state index in [-0.39, 0.29) is 43.0 Å². The maximum Gasteiger partial charge on any atom is 0.337 e. The lowest BCUT2D eigenvalue weighted by Gasteiger charge is -2.32. The molecule has 12 nitrogen and oxygen atoms in total. The van der Waals surface area contributed by atoms with Crippen molar-refractivity contribution >= 4 is 51.8 Å². The third kappa shape index (κ3) is 12.5. The zero-order chi connectivity index (χ0) is 42.3. The van der Waals surface area contributed by atoms with Crippen molar-refractivity contribution in [1.29, 1.82) is 0 Å². The molecule has 1 aromatic heterocycles. The summed E-state index contributed by atoms with van der Waals surface area (Å²) in [5, 5.41) is 9.36. The first-order valence-electron chi connectivity index (χ1n) is 20.5. The molecule has 4 aromatic rings. The van der Waals surface area contributed by atoms with Gasteiger partial charge in [-0.15, -0.1) is 11.3 Å². The molecular formula is C46H57N5O7S. The Kier molecular flexibility index (Phi) is 16.6. The first kappa shape index (κ1) is 44.6. The quantitative estimate of drug-likeness (QED) is 0.0810. The van der Waals surface area contributed by atoms with Crippen molar-refractivity contribution in [3.05, 3.63) is 117 Å². The Balaban J connectivity index is 1.23. The molecule has 0 aliphatic heterocycles. The summed E-state index contributed by atoms with van der Waals surface area (Å²) in [5.41, 5.74) is 6.42. The topological polar surface area (TPSA) is 146 Å². The number of amides is 4. The number of rotatable bonds is 19. The molecule has 59 heavy (non-hydrogen) atoms. The fraction of sp³-hybridized carbons (Fsp3) is 0.413. The number of carbonyl (C=O) groups excluding carboxylic acids is 5. The summed E-state index contributed by atoms with van der Waals surface area (Å²) in [5.74, 6) is -1.36. The number of carbonyl (C=O) groups is 5. The van der Waals surface area contributed by atoms with E-state index in [1.54, 1.807) is 37.1 Å². The molecule has 1 heterocycles. The van der Waals surface area contributed by atoms with Crippen LogP contribution in [0.3, 0.4) is 0 Å². The van der Waals surface area contributed by atoms with E-state index in [2.05, 4.69) is 34.7 Å². The van der Waals surface area contributed by atoms with Gasteiger partial charge in [0.1, 0.15) is 11.5 Å². The molecule has 0 atom stereocenters. The number of thiophene rings is 1. The molecule has 4 amide bonds. The van der Waals surface area contributed by atoms with Crippen molar-refractivity contribution < 1.29 is 33.4 Å². The van der Waals surface area contributed by atoms with Crippen molar-refractivity contribution in [3.63, 3.8) is 0 Å². The average molecular weight is 824 g/mol. The maximum absolute atomic E-state index is 14.0. The number of anilines is 2. The van der Waals surface area contributed by atoms with Crippen LogP contribution in [0.5, 0.6) is 0 Å². The summed E-state index contributed by atoms with van der Waals surface area (Å²) < 4.78 is 9.69. The van der Waals surface area contributed by atoms with Crippen LogP contribution in [0.2, 0.25) is 0 Å². The highest BCUT2D eigenvalue weighted by atomic mass is 32.1. The molecule has 13 heteroatoms. The number of benzene rings is 3. The number of hydrogen-bond acceptors (Lipinski definition) is 9. The van der Waals surface area contributed by atoms with Crippen molar-refractivity contribution in [3.8, 4) is 0 Å². The van der Waals surface area contributed by atoms with E-state index in [4.69, 9.17) is 9.47 Å². The van der Waals surface area contributed by atoms with E-state index in [0.717, 1.165) is 78.5 Å². The van der Waals surface area contributed by atoms with E-state index in [1.807, 2.05) is 54.6 Å². The van der Waals surface area contributed by atoms with E-state index >= 15 is 0 Å². The number of nitrogens with zero attached hydrogens (tertiary/aromatic N) is 2. The number of hydrogen-bond donors (Lipinski definition) is 3. The zero-order valence-corrected chi connectivity index (χ0v) is 35.7. The fourth-order valence-electron chi connectivity index (χ4n) is 7.35. The van der Waals surface area contributed by atoms with Gasteiger partial charge >= 0.3 is 18.0 Å². The minimum Gasteiger partial charge on any atom is -0.465 e. The number of urea groups is 1. The molecule has 314 valence electrons. The largest absolute Gasteiger partial charge is 0.465 e. The Morgan fingerprint density at radius 3 is 2.12 bits per heavy atom. The number of methoxy groups -OCH3 is 1. The van der Waals surface area contributed by atoms with Crippen LogP contribution in [0.15, 0.2) is 72.8 Å². The molecule has 3 N–H and O–H groups in total. The van der Waals surface area contributed by atoms with E-state index < -0.39 is 5.97 Å². The van der Waals surface area contributed by atoms with Gasteiger partial charge in [-0.2, -0.15) is 0 Å². The summed E-state index contributed by atoms with van der Waals surface area (Å²) in [6, 6.07) is 22.7. The smallest absolute Gasteiger partial charge is 0.337 e. The van der Waals surface area contributed by atoms with Gasteiger partial charge in [0.2, 0.25) is 0 Å². The van der Waals surface area contributed by atoms with Gasteiger partial charge in [0.15, 0.2) is 0 Å². The van der Waals surface area contributed by atoms with Crippen LogP contribution in [0, 0.1) is 0 Å². The van der Waals surface area contributed by atoms with Gasteiger partial charge in [-0.3, -0.25) is 19.3 Å². The van der Waals surface area contributed by atoms with Gasteiger partial charge < -0.3 is 30.3 Å². The van der Waals surface area contributed by atoms with E-state index in [0.29, 0.717) is 47.0 Å². The zero-order valence-electron chi connectivity index (χ0n) is 34.9. The molecule has 0 unspecified atom stereocenters. The van der Waals surface area contributed by atoms with Gasteiger partial charge in [-0.25, -0.2) is 9.59 Å². The summed E-state index contributed by atoms with van der Waals surface area (Å²) in [6.45, 7) is 7.70. The van der Waals surface area contributed by atoms with Gasteiger partial charge in [0.05, 0.1) is 24.8 Å². The molecule has 0 spiro atoms. The van der Waals surface area contributed by atoms with Gasteiger partial charge in [-0.1, -0.05) is 50.2 Å². The average Bonchev–Trinajstić information content (AvgIpc) is 3.62. The molecule has 0 saturated heterocycles. The molecule has 3 aromatic carbocycles. The summed E-state index contributed by atoms with van der Waals surface area (Å²) in [7, 11) is 3.07. The number of likely N-dealkylation sites (N-methyl/N-ethyl adjacent to an activating group) is 1. The lowest BCUT2D eigenvalue weighted by atomic mass is 9.95. The molecular weight excluding hydrogens is 767 g/mol. The minimum atomic E-state index is -0.479. The molecule has 0 fully saturated rings. The molecule has 5 rings (SSSR count). The number of aryl methyl sites for hydroxylation is 3. The first-order valence-corrected chi connectivity index (χ1v) is 21.4. The molecule has 0 saturated carbocycles. The Morgan fingerprint density at radius 2 is 1.46 bits per heavy atom. The third-order valence-corrected chi connectivity index (χ3v) is 11.9. The normalized spacial score (nSPS) is 12.1. The highest BCUT2D eigenvalue weighted by molar-refractivity contribution is 7.17. The highest BCUT2D eigenvalue weighted by Gasteiger charge is 2.27. The Hall–Kier alpha value is -5.53. The number of fused-ring (bicyclic) bond motifs is 1. The van der Waals surface area contributed by atoms with Crippen molar-refractivity contribution in [2.45, 2.75) is 84.7 Å². The van der Waals surface area contributed by atoms with Crippen molar-refractivity contribution in [1.82, 2.24) is 15.1 Å². The van der Waals surface area contributed by atoms with Gasteiger partial charge in [-0.05, 0) is 117 Å². The summed E-state index contributed by atoms with van der Waals surface area (Å²) >= 11 is 1.49. The second-order valence-corrected chi connectivity index (χ2v) is 15.8. The monoisotopic (exact) mass is 823 g/mol. The Morgan fingerprint density at radius 1 is 0.780 bits per heavy atom. The maximum atomic E-state index is 14.0. The molecule has 1 aliphatic rings. The minimum absolute atomic E-state index is 0.184. The number of esters is 2. The van der Waals surface area contributed by atoms with Crippen LogP contribution < -0.4 is 16.0 Å². The lowest BCUT2D eigenvalue weighted by molar-refractivity contribution is -0.141. The van der Waals surface area contributed by atoms with Gasteiger partial charge in [0, 0.05) is 48.9 Å². The second kappa shape index (κ2) is 22.0. The predicted octanol–water partition coefficient (Wildman–Crippen LogP) is 7.90. The third-order valence-electron chi connectivity index (χ3n) is 10.7. The van der Waals surface area contributed by atoms with Crippen LogP contribution in [0.1, 0.15) is 105 Å². The highest BCUT2D eigenvalue weighted by Crippen LogP contribution is 2.39. The lowest BCUT2D eigenvalue weighted by Crippen LogP contribution is -2.45. The first-order chi connectivity index (χ1) is 28.5. The van der Waals surface area contributed by atoms with E-state index in [1.165, 1.54) is 18.4 Å². The summed E-state index contributed by atoms with van der Waals surface area (Å²) in [4.78, 5) is 69.0. The molecule has 0 bridgehead atoms. The molecule has 1 aliphatic carbocycles. The van der Waals surface area contributed by atoms with Crippen LogP contribution in [0.4, 0.5) is 15.5 Å². The summed E-state index contributed by atoms with van der Waals surface area (Å²) in [6.07, 6.45) is 7.13. The molecule has 0 radical (unpaired) electrons. The standard InChI is InChI=1S/C46H57N5O7S/c1-6-37(7-2)51(27-26-50(4)46(56)47-29-40(52)58-8-3)30-33-12-11-13-35(28-33)42(53)49-44-41(38-14-9-10-15-39(38)59-44)43(54)48-36-24-20-32(21-25-36)17-16-31-18-22-34(23-19-31)45(55)57-5/h11-13,18-25,28,37H,6-10,14-17,26-27,29-30H2,1-5H3,(H,47,56)(H,48,54)(H,49,53). The van der Waals surface area contributed by atoms with Crippen LogP contribution in [-0.4, -0.2) is 86.0 Å². The SMILES string of the molecule is CCOC(=O)CNC(=O)N(C)CCN(Cc1cccc(C(=O)Nc2sc3c(c2C(=O)Nc2ccc(CCc4ccc(C(=O)OC)cc4)cc2)CCCC3)c1)C(CC)CC. The van der Waals surface area contributed by atoms with Gasteiger partial charge in [0.25, 0.3) is 11.8 Å². The van der Waals surface area contributed by atoms with Crippen LogP contribution in [-0.2, 0) is 46.5 Å². The van der Waals surface area contributed by atoms with Crippen LogP contribution >= 0.6 is 11.3 Å². The van der Waals surface area contributed by atoms with Crippen molar-refractivity contribution in [2.75, 3.05) is 51.0 Å². The van der Waals surface area contributed by atoms with E-state index in [9.17, 15) is 24.0 Å². The second-order valence-electron chi connectivity index (χ2n) is 14.7. The predicted molar refractivity (Wildman–Crippen MR) is 232 cm³/mol.